The average molecular weight is 744 g/mol. The summed E-state index contributed by atoms with van der Waals surface area (Å²) in [6.07, 6.45) is 13.1. The van der Waals surface area contributed by atoms with Crippen molar-refractivity contribution in [3.05, 3.63) is 42.5 Å². The number of ether oxygens (including phenoxy) is 2. The molecule has 1 saturated heterocycles. The van der Waals surface area contributed by atoms with Gasteiger partial charge in [0.2, 0.25) is 0 Å². The van der Waals surface area contributed by atoms with Gasteiger partial charge in [-0.3, -0.25) is 9.78 Å². The summed E-state index contributed by atoms with van der Waals surface area (Å²) < 4.78 is 16.3. The number of carboxylic acids is 1. The van der Waals surface area contributed by atoms with Crippen LogP contribution in [0.5, 0.6) is 0 Å². The molecule has 2 aromatic rings. The first-order chi connectivity index (χ1) is 25.0. The molecule has 1 aliphatic heterocycles. The molecule has 3 N–H and O–H groups in total. The van der Waals surface area contributed by atoms with Gasteiger partial charge in [0.05, 0.1) is 37.9 Å². The van der Waals surface area contributed by atoms with Gasteiger partial charge in [-0.2, -0.15) is 5.10 Å². The van der Waals surface area contributed by atoms with Gasteiger partial charge in [-0.25, -0.2) is 9.67 Å². The van der Waals surface area contributed by atoms with Crippen LogP contribution < -0.4 is 5.73 Å². The fourth-order valence-corrected chi connectivity index (χ4v) is 13.1. The van der Waals surface area contributed by atoms with Gasteiger partial charge in [0, 0.05) is 34.3 Å². The highest BCUT2D eigenvalue weighted by molar-refractivity contribution is 5.73. The number of carboxylic acid groups (broad SMARTS) is 1. The third-order valence-electron chi connectivity index (χ3n) is 18.2. The topological polar surface area (TPSA) is 125 Å². The molecule has 0 aromatic carbocycles. The van der Waals surface area contributed by atoms with Crippen molar-refractivity contribution in [3.8, 4) is 11.4 Å². The number of fused-ring (bicyclic) bond motifs is 3. The van der Waals surface area contributed by atoms with E-state index in [1.54, 1.807) is 6.33 Å². The van der Waals surface area contributed by atoms with Gasteiger partial charge in [-0.05, 0) is 102 Å². The smallest absolute Gasteiger partial charge is 0.307 e. The predicted octanol–water partition coefficient (Wildman–Crippen LogP) is 9.01. The first-order valence-corrected chi connectivity index (χ1v) is 20.8. The van der Waals surface area contributed by atoms with Crippen LogP contribution in [0.25, 0.3) is 11.4 Å². The molecule has 12 atom stereocenters. The maximum absolute atomic E-state index is 13.6. The minimum Gasteiger partial charge on any atom is -0.481 e. The summed E-state index contributed by atoms with van der Waals surface area (Å²) in [6, 6.07) is 3.87. The molecule has 4 fully saturated rings. The molecule has 3 heterocycles. The average Bonchev–Trinajstić information content (AvgIpc) is 3.58. The zero-order valence-electron chi connectivity index (χ0n) is 35.3. The zero-order chi connectivity index (χ0) is 39.5. The summed E-state index contributed by atoms with van der Waals surface area (Å²) in [5.74, 6) is 0.725. The molecule has 9 nitrogen and oxygen atoms in total. The molecule has 7 rings (SSSR count). The molecular weight excluding hydrogens is 675 g/mol. The zero-order valence-corrected chi connectivity index (χ0v) is 35.3. The summed E-state index contributed by atoms with van der Waals surface area (Å²) in [5, 5.41) is 16.2. The molecule has 0 spiro atoms. The molecular formula is C45H69N5O4. The molecule has 5 aliphatic rings. The second-order valence-electron chi connectivity index (χ2n) is 21.4. The fourth-order valence-electron chi connectivity index (χ4n) is 13.1. The molecule has 0 radical (unpaired) electrons. The second-order valence-corrected chi connectivity index (χ2v) is 21.4. The maximum atomic E-state index is 13.6. The Hall–Kier alpha value is -2.62. The van der Waals surface area contributed by atoms with Crippen molar-refractivity contribution >= 4 is 5.97 Å². The molecule has 4 aliphatic carbocycles. The lowest BCUT2D eigenvalue weighted by atomic mass is 9.31. The summed E-state index contributed by atoms with van der Waals surface area (Å²) in [7, 11) is 0. The van der Waals surface area contributed by atoms with Gasteiger partial charge in [0.15, 0.2) is 5.82 Å². The van der Waals surface area contributed by atoms with Crippen molar-refractivity contribution in [1.82, 2.24) is 19.7 Å². The normalized spacial score (nSPS) is 42.2. The van der Waals surface area contributed by atoms with Crippen molar-refractivity contribution < 1.29 is 19.4 Å². The first kappa shape index (κ1) is 39.6. The number of aromatic nitrogens is 4. The van der Waals surface area contributed by atoms with Crippen LogP contribution >= 0.6 is 0 Å². The highest BCUT2D eigenvalue weighted by Gasteiger charge is 2.75. The Kier molecular flexibility index (Phi) is 9.31. The van der Waals surface area contributed by atoms with Crippen LogP contribution in [0.4, 0.5) is 0 Å². The van der Waals surface area contributed by atoms with E-state index in [1.165, 1.54) is 5.57 Å². The number of nitrogens with two attached hydrogens (primary N) is 1. The van der Waals surface area contributed by atoms with E-state index in [2.05, 4.69) is 98.8 Å². The van der Waals surface area contributed by atoms with Crippen molar-refractivity contribution in [3.63, 3.8) is 0 Å². The highest BCUT2D eigenvalue weighted by atomic mass is 16.5. The van der Waals surface area contributed by atoms with E-state index >= 15 is 0 Å². The molecule has 9 heteroatoms. The Bertz CT molecular complexity index is 1780. The Morgan fingerprint density at radius 1 is 1.02 bits per heavy atom. The molecule has 54 heavy (non-hydrogen) atoms. The monoisotopic (exact) mass is 744 g/mol. The number of hydrogen-bond donors (Lipinski definition) is 2. The molecule has 3 saturated carbocycles. The molecule has 298 valence electrons. The lowest BCUT2D eigenvalue weighted by Crippen LogP contribution is -2.73. The van der Waals surface area contributed by atoms with Crippen molar-refractivity contribution in [2.75, 3.05) is 19.8 Å². The number of pyridine rings is 1. The van der Waals surface area contributed by atoms with Crippen LogP contribution in [0.15, 0.2) is 42.5 Å². The Morgan fingerprint density at radius 3 is 2.33 bits per heavy atom. The van der Waals surface area contributed by atoms with Crippen LogP contribution in [-0.4, -0.2) is 62.3 Å². The number of carbonyl (C=O) groups is 1. The quantitative estimate of drug-likeness (QED) is 0.257. The van der Waals surface area contributed by atoms with E-state index in [0.29, 0.717) is 31.7 Å². The van der Waals surface area contributed by atoms with Gasteiger partial charge in [-0.1, -0.05) is 87.8 Å². The Morgan fingerprint density at radius 2 is 1.70 bits per heavy atom. The van der Waals surface area contributed by atoms with Crippen LogP contribution in [0.3, 0.4) is 0 Å². The van der Waals surface area contributed by atoms with E-state index in [-0.39, 0.29) is 56.0 Å². The molecule has 2 bridgehead atoms. The third kappa shape index (κ3) is 5.18. The first-order valence-electron chi connectivity index (χ1n) is 20.8. The standard InChI is InChI=1S/C45H69N5O4/c1-28(2)29(3)39(7)19-20-40(8)31-14-18-43(11)42(10)24-53-26-45(43,32(31)13-17-41(40,9)34(39)37(51)52)23-33(35(42)54-25-44(12,46)38(4,5)6)50-36(48-27-49-50)30-15-21-47-22-16-30/h13,15-16,21-22,27-29,31,33-35H,14,17-20,23-26,46H2,1-12H3,(H,51,52)/t29-,31+,33-,34-,35+,39-,40-,41+,42-,43+,44+,45+/m1/s1. The van der Waals surface area contributed by atoms with Crippen LogP contribution in [-0.2, 0) is 14.3 Å². The van der Waals surface area contributed by atoms with Crippen molar-refractivity contribution in [2.24, 2.45) is 67.3 Å². The second kappa shape index (κ2) is 12.7. The number of hydrogen-bond acceptors (Lipinski definition) is 7. The SMILES string of the molecule is CC(C)[C@@H](C)[C@@]1(C)CC[C@]2(C)[C@H]3CC[C@]4(C)[C@@]5(COC[C@]4(C)[C@@H](OC[C@](C)(N)C(C)(C)C)[C@H](n4ncnc4-c4ccncc4)C5)C3=CC[C@@]2(C)[C@@H]1C(=O)O. The lowest BCUT2D eigenvalue weighted by Gasteiger charge is -2.74. The Balaban J connectivity index is 1.38. The van der Waals surface area contributed by atoms with E-state index in [1.807, 2.05) is 24.5 Å². The van der Waals surface area contributed by atoms with Gasteiger partial charge < -0.3 is 20.3 Å². The summed E-state index contributed by atoms with van der Waals surface area (Å²) in [5.41, 5.74) is 7.12. The number of aliphatic carboxylic acids is 1. The van der Waals surface area contributed by atoms with E-state index < -0.39 is 17.4 Å². The minimum atomic E-state index is -0.627. The largest absolute Gasteiger partial charge is 0.481 e. The molecule has 2 aromatic heterocycles. The fraction of sp³-hybridized carbons (Fsp3) is 0.778. The van der Waals surface area contributed by atoms with E-state index in [0.717, 1.165) is 49.9 Å². The Labute approximate surface area is 324 Å². The van der Waals surface area contributed by atoms with Gasteiger partial charge in [0.25, 0.3) is 0 Å². The lowest BCUT2D eigenvalue weighted by molar-refractivity contribution is -0.292. The van der Waals surface area contributed by atoms with Gasteiger partial charge in [-0.15, -0.1) is 0 Å². The molecule has 0 amide bonds. The van der Waals surface area contributed by atoms with Crippen LogP contribution in [0.2, 0.25) is 0 Å². The molecule has 0 unspecified atom stereocenters. The van der Waals surface area contributed by atoms with E-state index in [4.69, 9.17) is 25.3 Å². The summed E-state index contributed by atoms with van der Waals surface area (Å²) in [4.78, 5) is 22.8. The minimum absolute atomic E-state index is 0.137. The van der Waals surface area contributed by atoms with Gasteiger partial charge >= 0.3 is 5.97 Å². The number of rotatable bonds is 8. The number of allylic oxidation sites excluding steroid dienone is 1. The predicted molar refractivity (Wildman–Crippen MR) is 212 cm³/mol. The maximum Gasteiger partial charge on any atom is 0.307 e. The van der Waals surface area contributed by atoms with Crippen molar-refractivity contribution in [2.45, 2.75) is 139 Å². The third-order valence-corrected chi connectivity index (χ3v) is 18.2. The summed E-state index contributed by atoms with van der Waals surface area (Å²) in [6.45, 7) is 29.1. The number of nitrogens with zero attached hydrogens (tertiary/aromatic N) is 4. The highest BCUT2D eigenvalue weighted by Crippen LogP contribution is 2.78. The van der Waals surface area contributed by atoms with Crippen molar-refractivity contribution in [1.29, 1.82) is 0 Å². The van der Waals surface area contributed by atoms with Crippen LogP contribution in [0, 0.1) is 61.6 Å². The summed E-state index contributed by atoms with van der Waals surface area (Å²) >= 11 is 0. The van der Waals surface area contributed by atoms with Gasteiger partial charge in [0.1, 0.15) is 6.33 Å². The van der Waals surface area contributed by atoms with E-state index in [9.17, 15) is 9.90 Å². The van der Waals surface area contributed by atoms with Crippen LogP contribution in [0.1, 0.15) is 128 Å².